The summed E-state index contributed by atoms with van der Waals surface area (Å²) in [5, 5.41) is 8.41. The van der Waals surface area contributed by atoms with Crippen LogP contribution < -0.4 is 5.32 Å². The summed E-state index contributed by atoms with van der Waals surface area (Å²) in [6.07, 6.45) is 0.890. The number of nitrogens with one attached hydrogen (secondary N) is 1. The molecule has 1 atom stereocenters. The van der Waals surface area contributed by atoms with Crippen molar-refractivity contribution in [1.29, 1.82) is 0 Å². The Morgan fingerprint density at radius 3 is 2.62 bits per heavy atom. The molecule has 154 valence electrons. The molecule has 8 heteroatoms. The Morgan fingerprint density at radius 2 is 1.90 bits per heavy atom. The molecule has 2 saturated heterocycles. The van der Waals surface area contributed by atoms with Gasteiger partial charge in [0.2, 0.25) is 0 Å². The van der Waals surface area contributed by atoms with E-state index in [9.17, 15) is 4.79 Å². The lowest BCUT2D eigenvalue weighted by molar-refractivity contribution is -0.127. The van der Waals surface area contributed by atoms with Crippen molar-refractivity contribution < 1.29 is 9.53 Å². The molecule has 2 aromatic rings. The van der Waals surface area contributed by atoms with Gasteiger partial charge < -0.3 is 10.1 Å². The lowest BCUT2D eigenvalue weighted by Gasteiger charge is -2.27. The number of rotatable bonds is 6. The number of hydrogen-bond donors (Lipinski definition) is 1. The van der Waals surface area contributed by atoms with E-state index in [1.54, 1.807) is 4.90 Å². The number of hydrogen-bond acceptors (Lipinski definition) is 5. The molecule has 2 aliphatic rings. The first-order valence-corrected chi connectivity index (χ1v) is 10.5. The van der Waals surface area contributed by atoms with E-state index >= 15 is 0 Å². The Labute approximate surface area is 176 Å². The van der Waals surface area contributed by atoms with E-state index in [0.29, 0.717) is 11.7 Å². The molecule has 1 amide bonds. The molecule has 4 rings (SSSR count). The number of aryl methyl sites for hydroxylation is 1. The quantitative estimate of drug-likeness (QED) is 0.731. The summed E-state index contributed by atoms with van der Waals surface area (Å²) >= 11 is 5.48. The predicted octanol–water partition coefficient (Wildman–Crippen LogP) is 1.97. The van der Waals surface area contributed by atoms with Crippen molar-refractivity contribution in [3.05, 3.63) is 47.3 Å². The molecule has 29 heavy (non-hydrogen) atoms. The number of carbonyl (C=O) groups is 1. The highest BCUT2D eigenvalue weighted by atomic mass is 32.1. The van der Waals surface area contributed by atoms with Gasteiger partial charge >= 0.3 is 0 Å². The highest BCUT2D eigenvalue weighted by molar-refractivity contribution is 7.80. The first-order valence-electron chi connectivity index (χ1n) is 10.1. The van der Waals surface area contributed by atoms with Crippen LogP contribution in [0.5, 0.6) is 0 Å². The summed E-state index contributed by atoms with van der Waals surface area (Å²) < 4.78 is 7.28. The third kappa shape index (κ3) is 4.05. The summed E-state index contributed by atoms with van der Waals surface area (Å²) in [7, 11) is 0. The van der Waals surface area contributed by atoms with Crippen molar-refractivity contribution in [1.82, 2.24) is 24.9 Å². The summed E-state index contributed by atoms with van der Waals surface area (Å²) in [6, 6.07) is 9.49. The van der Waals surface area contributed by atoms with Gasteiger partial charge in [0, 0.05) is 37.4 Å². The molecule has 1 aromatic carbocycles. The second kappa shape index (κ2) is 8.61. The topological polar surface area (TPSA) is 62.6 Å². The molecular formula is C21H27N5O2S. The maximum Gasteiger partial charge on any atom is 0.256 e. The monoisotopic (exact) mass is 413 g/mol. The average Bonchev–Trinajstić information content (AvgIpc) is 3.18. The van der Waals surface area contributed by atoms with Crippen molar-refractivity contribution in [3.8, 4) is 5.69 Å². The molecule has 0 spiro atoms. The molecular weight excluding hydrogens is 386 g/mol. The van der Waals surface area contributed by atoms with Crippen LogP contribution in [-0.2, 0) is 9.53 Å². The minimum atomic E-state index is -0.469. The summed E-state index contributed by atoms with van der Waals surface area (Å²) in [4.78, 5) is 17.2. The highest BCUT2D eigenvalue weighted by Gasteiger charge is 2.39. The lowest BCUT2D eigenvalue weighted by Crippen LogP contribution is -2.39. The lowest BCUT2D eigenvalue weighted by atomic mass is 10.0. The number of thiocarbonyl (C=S) groups is 1. The van der Waals surface area contributed by atoms with E-state index in [2.05, 4.69) is 15.3 Å². The second-order valence-electron chi connectivity index (χ2n) is 7.51. The summed E-state index contributed by atoms with van der Waals surface area (Å²) in [6.45, 7) is 9.01. The Hall–Kier alpha value is -2.29. The Morgan fingerprint density at radius 1 is 1.17 bits per heavy atom. The van der Waals surface area contributed by atoms with E-state index in [0.717, 1.165) is 61.9 Å². The minimum absolute atomic E-state index is 0.00999. The summed E-state index contributed by atoms with van der Waals surface area (Å²) in [5.74, 6) is 0.00999. The number of nitrogens with zero attached hydrogens (tertiary/aromatic N) is 4. The maximum atomic E-state index is 13.2. The van der Waals surface area contributed by atoms with E-state index in [1.165, 1.54) is 0 Å². The van der Waals surface area contributed by atoms with Crippen LogP contribution in [0.3, 0.4) is 0 Å². The third-order valence-electron chi connectivity index (χ3n) is 5.62. The fourth-order valence-corrected chi connectivity index (χ4v) is 4.40. The Kier molecular flexibility index (Phi) is 5.94. The Bertz CT molecular complexity index is 892. The molecule has 2 aliphatic heterocycles. The molecule has 0 bridgehead atoms. The number of benzene rings is 1. The molecule has 0 aliphatic carbocycles. The predicted molar refractivity (Wildman–Crippen MR) is 115 cm³/mol. The van der Waals surface area contributed by atoms with Crippen LogP contribution in [-0.4, -0.2) is 70.0 Å². The van der Waals surface area contributed by atoms with Crippen molar-refractivity contribution in [2.75, 3.05) is 39.4 Å². The van der Waals surface area contributed by atoms with Crippen molar-refractivity contribution in [3.63, 3.8) is 0 Å². The molecule has 0 saturated carbocycles. The zero-order valence-corrected chi connectivity index (χ0v) is 17.7. The minimum Gasteiger partial charge on any atom is -0.379 e. The molecule has 1 N–H and O–H groups in total. The van der Waals surface area contributed by atoms with Gasteiger partial charge in [0.05, 0.1) is 24.6 Å². The largest absolute Gasteiger partial charge is 0.379 e. The van der Waals surface area contributed by atoms with Crippen LogP contribution in [0.1, 0.15) is 29.4 Å². The molecule has 2 fully saturated rings. The van der Waals surface area contributed by atoms with Crippen LogP contribution in [0.25, 0.3) is 5.69 Å². The van der Waals surface area contributed by atoms with Gasteiger partial charge in [-0.15, -0.1) is 0 Å². The number of morpholine rings is 1. The zero-order valence-electron chi connectivity index (χ0n) is 16.9. The number of ether oxygens (including phenoxy) is 1. The van der Waals surface area contributed by atoms with Gasteiger partial charge in [-0.2, -0.15) is 5.10 Å². The fourth-order valence-electron chi connectivity index (χ4n) is 4.10. The normalized spacial score (nSPS) is 20.3. The van der Waals surface area contributed by atoms with E-state index < -0.39 is 6.04 Å². The first-order chi connectivity index (χ1) is 14.1. The summed E-state index contributed by atoms with van der Waals surface area (Å²) in [5.41, 5.74) is 3.69. The smallest absolute Gasteiger partial charge is 0.256 e. The number of aromatic nitrogens is 2. The van der Waals surface area contributed by atoms with Crippen molar-refractivity contribution in [2.45, 2.75) is 26.3 Å². The SMILES string of the molecule is Cc1nn(-c2ccccc2)c(C)c1[C@H]1NC(=S)N(CCCN2CCOCC2)C1=O. The molecule has 0 radical (unpaired) electrons. The third-order valence-corrected chi connectivity index (χ3v) is 5.96. The van der Waals surface area contributed by atoms with Crippen LogP contribution in [0.15, 0.2) is 30.3 Å². The van der Waals surface area contributed by atoms with Crippen LogP contribution in [0.4, 0.5) is 0 Å². The molecule has 0 unspecified atom stereocenters. The van der Waals surface area contributed by atoms with Gasteiger partial charge in [0.25, 0.3) is 5.91 Å². The number of para-hydroxylation sites is 1. The van der Waals surface area contributed by atoms with E-state index in [4.69, 9.17) is 17.0 Å². The van der Waals surface area contributed by atoms with Crippen LogP contribution in [0.2, 0.25) is 0 Å². The van der Waals surface area contributed by atoms with E-state index in [1.807, 2.05) is 48.9 Å². The fraction of sp³-hybridized carbons (Fsp3) is 0.476. The second-order valence-corrected chi connectivity index (χ2v) is 7.90. The van der Waals surface area contributed by atoms with Gasteiger partial charge in [-0.05, 0) is 44.6 Å². The van der Waals surface area contributed by atoms with Crippen molar-refractivity contribution >= 4 is 23.2 Å². The maximum absolute atomic E-state index is 13.2. The zero-order chi connectivity index (χ0) is 20.4. The number of carbonyl (C=O) groups excluding carboxylic acids is 1. The Balaban J connectivity index is 1.46. The first kappa shape index (κ1) is 20.0. The van der Waals surface area contributed by atoms with E-state index in [-0.39, 0.29) is 5.91 Å². The van der Waals surface area contributed by atoms with Gasteiger partial charge in [-0.25, -0.2) is 4.68 Å². The molecule has 7 nitrogen and oxygen atoms in total. The molecule has 3 heterocycles. The van der Waals surface area contributed by atoms with Crippen LogP contribution >= 0.6 is 12.2 Å². The van der Waals surface area contributed by atoms with Gasteiger partial charge in [-0.3, -0.25) is 14.6 Å². The standard InChI is InChI=1S/C21H27N5O2S/c1-15-18(16(2)26(23-15)17-7-4-3-5-8-17)19-20(27)25(21(29)22-19)10-6-9-24-11-13-28-14-12-24/h3-5,7-8,19H,6,9-14H2,1-2H3,(H,22,29)/t19-/m1/s1. The van der Waals surface area contributed by atoms with Gasteiger partial charge in [0.1, 0.15) is 6.04 Å². The number of amides is 1. The van der Waals surface area contributed by atoms with Gasteiger partial charge in [0.15, 0.2) is 5.11 Å². The average molecular weight is 414 g/mol. The van der Waals surface area contributed by atoms with Crippen molar-refractivity contribution in [2.24, 2.45) is 0 Å². The van der Waals surface area contributed by atoms with Crippen LogP contribution in [0, 0.1) is 13.8 Å². The van der Waals surface area contributed by atoms with Gasteiger partial charge in [-0.1, -0.05) is 18.2 Å². The highest BCUT2D eigenvalue weighted by Crippen LogP contribution is 2.29. The molecule has 1 aromatic heterocycles.